The fraction of sp³-hybridized carbons (Fsp3) is 0.263. The van der Waals surface area contributed by atoms with Crippen molar-refractivity contribution in [1.29, 1.82) is 0 Å². The minimum absolute atomic E-state index is 0.189. The molecule has 0 radical (unpaired) electrons. The van der Waals surface area contributed by atoms with E-state index in [1.807, 2.05) is 31.2 Å². The average molecular weight is 342 g/mol. The van der Waals surface area contributed by atoms with E-state index >= 15 is 0 Å². The Kier molecular flexibility index (Phi) is 6.39. The number of rotatable bonds is 6. The van der Waals surface area contributed by atoms with E-state index in [2.05, 4.69) is 24.7 Å². The first-order chi connectivity index (χ1) is 12.0. The first kappa shape index (κ1) is 18.3. The number of carbonyl (C=O) groups is 2. The van der Waals surface area contributed by atoms with Gasteiger partial charge in [-0.1, -0.05) is 32.0 Å². The average Bonchev–Trinajstić information content (AvgIpc) is 3.01. The van der Waals surface area contributed by atoms with Crippen LogP contribution in [0, 0.1) is 6.92 Å². The molecule has 132 valence electrons. The maximum absolute atomic E-state index is 11.8. The van der Waals surface area contributed by atoms with Crippen molar-refractivity contribution in [3.8, 4) is 5.75 Å². The molecule has 0 unspecified atom stereocenters. The Labute approximate surface area is 146 Å². The van der Waals surface area contributed by atoms with Crippen LogP contribution in [0.15, 0.2) is 46.9 Å². The number of hydrogen-bond donors (Lipinski definition) is 2. The van der Waals surface area contributed by atoms with Gasteiger partial charge in [0, 0.05) is 6.08 Å². The minimum atomic E-state index is -0.468. The maximum atomic E-state index is 11.8. The van der Waals surface area contributed by atoms with Gasteiger partial charge in [-0.2, -0.15) is 0 Å². The van der Waals surface area contributed by atoms with Crippen LogP contribution < -0.4 is 15.6 Å². The fourth-order valence-electron chi connectivity index (χ4n) is 2.14. The molecule has 25 heavy (non-hydrogen) atoms. The third kappa shape index (κ3) is 5.84. The third-order valence-electron chi connectivity index (χ3n) is 3.39. The van der Waals surface area contributed by atoms with Crippen LogP contribution in [-0.4, -0.2) is 18.4 Å². The van der Waals surface area contributed by atoms with Gasteiger partial charge >= 0.3 is 0 Å². The van der Waals surface area contributed by atoms with Gasteiger partial charge in [-0.05, 0) is 42.7 Å². The molecular weight excluding hydrogens is 320 g/mol. The van der Waals surface area contributed by atoms with Gasteiger partial charge in [-0.25, -0.2) is 0 Å². The third-order valence-corrected chi connectivity index (χ3v) is 3.39. The molecule has 0 bridgehead atoms. The van der Waals surface area contributed by atoms with Gasteiger partial charge in [0.25, 0.3) is 11.8 Å². The van der Waals surface area contributed by atoms with E-state index in [1.54, 1.807) is 12.1 Å². The van der Waals surface area contributed by atoms with Crippen LogP contribution in [0.25, 0.3) is 6.08 Å². The molecule has 0 atom stereocenters. The van der Waals surface area contributed by atoms with Gasteiger partial charge in [-0.15, -0.1) is 0 Å². The predicted molar refractivity (Wildman–Crippen MR) is 94.8 cm³/mol. The molecule has 2 rings (SSSR count). The largest absolute Gasteiger partial charge is 0.483 e. The van der Waals surface area contributed by atoms with Crippen LogP contribution in [0.5, 0.6) is 5.75 Å². The van der Waals surface area contributed by atoms with Gasteiger partial charge < -0.3 is 9.15 Å². The minimum Gasteiger partial charge on any atom is -0.483 e. The number of benzene rings is 1. The lowest BCUT2D eigenvalue weighted by Gasteiger charge is -2.13. The molecule has 0 aliphatic rings. The molecule has 0 aliphatic heterocycles. The molecular formula is C19H22N2O4. The number of carbonyl (C=O) groups excluding carboxylic acids is 2. The zero-order valence-electron chi connectivity index (χ0n) is 14.5. The monoisotopic (exact) mass is 342 g/mol. The highest BCUT2D eigenvalue weighted by Crippen LogP contribution is 2.25. The molecule has 2 amide bonds. The topological polar surface area (TPSA) is 80.6 Å². The van der Waals surface area contributed by atoms with Crippen molar-refractivity contribution in [3.63, 3.8) is 0 Å². The van der Waals surface area contributed by atoms with E-state index in [9.17, 15) is 9.59 Å². The zero-order chi connectivity index (χ0) is 18.2. The fourth-order valence-corrected chi connectivity index (χ4v) is 2.14. The predicted octanol–water partition coefficient (Wildman–Crippen LogP) is 2.95. The molecule has 2 aromatic rings. The molecule has 1 heterocycles. The summed E-state index contributed by atoms with van der Waals surface area (Å²) in [6.45, 7) is 5.73. The van der Waals surface area contributed by atoms with Crippen molar-refractivity contribution in [3.05, 3.63) is 59.6 Å². The first-order valence-corrected chi connectivity index (χ1v) is 8.00. The van der Waals surface area contributed by atoms with Crippen molar-refractivity contribution < 1.29 is 18.7 Å². The summed E-state index contributed by atoms with van der Waals surface area (Å²) in [7, 11) is 0. The lowest BCUT2D eigenvalue weighted by Crippen LogP contribution is -2.43. The van der Waals surface area contributed by atoms with Crippen molar-refractivity contribution in [2.24, 2.45) is 0 Å². The van der Waals surface area contributed by atoms with Gasteiger partial charge in [0.05, 0.1) is 0 Å². The van der Waals surface area contributed by atoms with E-state index in [0.29, 0.717) is 11.5 Å². The molecule has 2 N–H and O–H groups in total. The highest BCUT2D eigenvalue weighted by molar-refractivity contribution is 5.92. The molecule has 1 aromatic carbocycles. The maximum Gasteiger partial charge on any atom is 0.276 e. The van der Waals surface area contributed by atoms with E-state index in [-0.39, 0.29) is 12.5 Å². The van der Waals surface area contributed by atoms with E-state index in [1.165, 1.54) is 12.2 Å². The van der Waals surface area contributed by atoms with Crippen LogP contribution in [0.2, 0.25) is 0 Å². The Bertz CT molecular complexity index is 762. The van der Waals surface area contributed by atoms with E-state index in [4.69, 9.17) is 9.15 Å². The molecule has 0 aliphatic carbocycles. The van der Waals surface area contributed by atoms with Crippen molar-refractivity contribution in [2.75, 3.05) is 6.61 Å². The second kappa shape index (κ2) is 8.73. The molecule has 0 saturated carbocycles. The SMILES string of the molecule is Cc1ccc(/C=C/C(=O)NNC(=O)COc2ccccc2C(C)C)o1. The highest BCUT2D eigenvalue weighted by Gasteiger charge is 2.09. The van der Waals surface area contributed by atoms with Crippen LogP contribution in [-0.2, 0) is 9.59 Å². The summed E-state index contributed by atoms with van der Waals surface area (Å²) in [4.78, 5) is 23.4. The Morgan fingerprint density at radius 2 is 1.92 bits per heavy atom. The second-order valence-electron chi connectivity index (χ2n) is 5.80. The molecule has 6 nitrogen and oxygen atoms in total. The summed E-state index contributed by atoms with van der Waals surface area (Å²) >= 11 is 0. The summed E-state index contributed by atoms with van der Waals surface area (Å²) in [5, 5.41) is 0. The Morgan fingerprint density at radius 1 is 1.16 bits per heavy atom. The normalized spacial score (nSPS) is 10.9. The number of hydrogen-bond acceptors (Lipinski definition) is 4. The number of ether oxygens (including phenoxy) is 1. The summed E-state index contributed by atoms with van der Waals surface area (Å²) < 4.78 is 10.8. The van der Waals surface area contributed by atoms with E-state index < -0.39 is 11.8 Å². The van der Waals surface area contributed by atoms with Gasteiger partial charge in [0.1, 0.15) is 17.3 Å². The summed E-state index contributed by atoms with van der Waals surface area (Å²) in [6, 6.07) is 11.1. The van der Waals surface area contributed by atoms with Crippen LogP contribution >= 0.6 is 0 Å². The van der Waals surface area contributed by atoms with Crippen molar-refractivity contribution in [2.45, 2.75) is 26.7 Å². The first-order valence-electron chi connectivity index (χ1n) is 8.00. The van der Waals surface area contributed by atoms with E-state index in [0.717, 1.165) is 11.3 Å². The Hall–Kier alpha value is -3.02. The zero-order valence-corrected chi connectivity index (χ0v) is 14.5. The molecule has 0 fully saturated rings. The highest BCUT2D eigenvalue weighted by atomic mass is 16.5. The summed E-state index contributed by atoms with van der Waals surface area (Å²) in [5.74, 6) is 1.35. The smallest absolute Gasteiger partial charge is 0.276 e. The lowest BCUT2D eigenvalue weighted by molar-refractivity contribution is -0.128. The summed E-state index contributed by atoms with van der Waals surface area (Å²) in [5.41, 5.74) is 5.61. The van der Waals surface area contributed by atoms with Crippen molar-refractivity contribution >= 4 is 17.9 Å². The number of hydrazine groups is 1. The van der Waals surface area contributed by atoms with Crippen LogP contribution in [0.3, 0.4) is 0 Å². The number of amides is 2. The molecule has 0 spiro atoms. The Balaban J connectivity index is 1.77. The standard InChI is InChI=1S/C19H22N2O4/c1-13(2)16-6-4-5-7-17(16)24-12-19(23)21-20-18(22)11-10-15-9-8-14(3)25-15/h4-11,13H,12H2,1-3H3,(H,20,22)(H,21,23)/b11-10+. The van der Waals surface area contributed by atoms with Crippen LogP contribution in [0.4, 0.5) is 0 Å². The number of para-hydroxylation sites is 1. The number of aryl methyl sites for hydroxylation is 1. The molecule has 1 aromatic heterocycles. The molecule has 0 saturated heterocycles. The Morgan fingerprint density at radius 3 is 2.60 bits per heavy atom. The molecule has 6 heteroatoms. The van der Waals surface area contributed by atoms with Crippen molar-refractivity contribution in [1.82, 2.24) is 10.9 Å². The van der Waals surface area contributed by atoms with Crippen LogP contribution in [0.1, 0.15) is 36.8 Å². The quantitative estimate of drug-likeness (QED) is 0.625. The van der Waals surface area contributed by atoms with Gasteiger partial charge in [-0.3, -0.25) is 20.4 Å². The number of furan rings is 1. The second-order valence-corrected chi connectivity index (χ2v) is 5.80. The number of nitrogens with one attached hydrogen (secondary N) is 2. The summed E-state index contributed by atoms with van der Waals surface area (Å²) in [6.07, 6.45) is 2.79. The van der Waals surface area contributed by atoms with Gasteiger partial charge in [0.2, 0.25) is 0 Å². The van der Waals surface area contributed by atoms with Gasteiger partial charge in [0.15, 0.2) is 6.61 Å². The lowest BCUT2D eigenvalue weighted by atomic mass is 10.0.